The van der Waals surface area contributed by atoms with Gasteiger partial charge in [-0.3, -0.25) is 0 Å². The van der Waals surface area contributed by atoms with E-state index in [9.17, 15) is 9.59 Å². The summed E-state index contributed by atoms with van der Waals surface area (Å²) in [6.07, 6.45) is 14.1. The predicted molar refractivity (Wildman–Crippen MR) is 218 cm³/mol. The van der Waals surface area contributed by atoms with Crippen LogP contribution in [0.2, 0.25) is 0 Å². The van der Waals surface area contributed by atoms with Crippen molar-refractivity contribution >= 4 is 48.2 Å². The molecule has 5 aromatic rings. The van der Waals surface area contributed by atoms with Gasteiger partial charge in [0.2, 0.25) is 0 Å². The van der Waals surface area contributed by atoms with Crippen LogP contribution in [-0.4, -0.2) is 32.3 Å². The number of rotatable bonds is 20. The molecule has 0 unspecified atom stereocenters. The van der Waals surface area contributed by atoms with Gasteiger partial charge in [0.05, 0.1) is 10.2 Å². The second-order valence-corrected chi connectivity index (χ2v) is 16.5. The zero-order chi connectivity index (χ0) is 37.1. The van der Waals surface area contributed by atoms with E-state index < -0.39 is 5.97 Å². The van der Waals surface area contributed by atoms with Crippen molar-refractivity contribution in [3.8, 4) is 17.6 Å². The van der Waals surface area contributed by atoms with Crippen molar-refractivity contribution in [1.29, 1.82) is 0 Å². The van der Waals surface area contributed by atoms with Gasteiger partial charge in [0, 0.05) is 23.2 Å². The van der Waals surface area contributed by atoms with Crippen molar-refractivity contribution in [3.05, 3.63) is 138 Å². The number of anilines is 2. The number of nitrogens with zero attached hydrogens (tertiary/aromatic N) is 1. The molecule has 4 aromatic carbocycles. The molecule has 274 valence electrons. The Hall–Kier alpha value is -4.72. The number of para-hydroxylation sites is 1. The molecule has 0 amide bonds. The van der Waals surface area contributed by atoms with E-state index in [0.717, 1.165) is 93.8 Å². The van der Waals surface area contributed by atoms with Gasteiger partial charge in [-0.25, -0.2) is 9.78 Å². The average Bonchev–Trinajstić information content (AvgIpc) is 3.61. The number of hydrogen-bond acceptors (Lipinski definition) is 7. The molecular formula is C45H47IN3O3S-. The number of allylic oxidation sites excluding steroid dienone is 1. The molecule has 0 aliphatic heterocycles. The average molecular weight is 837 g/mol. The third kappa shape index (κ3) is 13.3. The quantitative estimate of drug-likeness (QED) is 0.0123. The number of hydrogen-bond donors (Lipinski definition) is 2. The fraction of sp³-hybridized carbons (Fsp3) is 0.267. The van der Waals surface area contributed by atoms with E-state index in [1.165, 1.54) is 24.5 Å². The van der Waals surface area contributed by atoms with Crippen molar-refractivity contribution in [2.45, 2.75) is 58.3 Å². The van der Waals surface area contributed by atoms with Gasteiger partial charge in [0.1, 0.15) is 5.75 Å². The molecule has 0 bridgehead atoms. The molecule has 0 saturated carbocycles. The van der Waals surface area contributed by atoms with Crippen LogP contribution < -0.4 is 36.6 Å². The van der Waals surface area contributed by atoms with E-state index in [1.807, 2.05) is 54.6 Å². The number of ether oxygens (including phenoxy) is 1. The van der Waals surface area contributed by atoms with Crippen LogP contribution in [-0.2, 0) is 11.2 Å². The fourth-order valence-electron chi connectivity index (χ4n) is 5.45. The predicted octanol–water partition coefficient (Wildman–Crippen LogP) is 7.55. The Morgan fingerprint density at radius 2 is 1.64 bits per heavy atom. The van der Waals surface area contributed by atoms with Gasteiger partial charge in [0.15, 0.2) is 5.13 Å². The normalized spacial score (nSPS) is 11.0. The zero-order valence-corrected chi connectivity index (χ0v) is 33.3. The number of carbonyl (C=O) groups is 2. The van der Waals surface area contributed by atoms with E-state index in [2.05, 4.69) is 77.4 Å². The summed E-state index contributed by atoms with van der Waals surface area (Å²) in [6, 6.07) is 29.7. The Morgan fingerprint density at radius 1 is 0.868 bits per heavy atom. The Labute approximate surface area is 328 Å². The molecule has 6 nitrogen and oxygen atoms in total. The topological polar surface area (TPSA) is 80.3 Å². The van der Waals surface area contributed by atoms with Crippen LogP contribution in [0.5, 0.6) is 5.75 Å². The molecule has 0 atom stereocenters. The van der Waals surface area contributed by atoms with Gasteiger partial charge >= 0.3 is 126 Å². The summed E-state index contributed by atoms with van der Waals surface area (Å²) in [5.41, 5.74) is 6.36. The summed E-state index contributed by atoms with van der Waals surface area (Å²) >= 11 is 1.26. The number of carbonyl (C=O) groups excluding carboxylic acids is 2. The van der Waals surface area contributed by atoms with E-state index in [-0.39, 0.29) is 25.0 Å². The molecule has 0 aliphatic carbocycles. The minimum absolute atomic E-state index is 0.231. The summed E-state index contributed by atoms with van der Waals surface area (Å²) in [7, 11) is 0. The van der Waals surface area contributed by atoms with Crippen LogP contribution in [0, 0.1) is 11.8 Å². The second kappa shape index (κ2) is 21.7. The number of esters is 1. The Kier molecular flexibility index (Phi) is 16.2. The molecule has 1 aromatic heterocycles. The van der Waals surface area contributed by atoms with Crippen molar-refractivity contribution in [1.82, 2.24) is 4.98 Å². The maximum atomic E-state index is 13.3. The monoisotopic (exact) mass is 836 g/mol. The van der Waals surface area contributed by atoms with Crippen molar-refractivity contribution in [3.63, 3.8) is 0 Å². The van der Waals surface area contributed by atoms with Gasteiger partial charge < -0.3 is 10.1 Å². The molecule has 8 heteroatoms. The maximum absolute atomic E-state index is 13.3. The number of thiazole rings is 1. The number of nitrogens with one attached hydrogen (secondary N) is 2. The minimum atomic E-state index is -0.413. The van der Waals surface area contributed by atoms with Crippen LogP contribution in [0.15, 0.2) is 110 Å². The Bertz CT molecular complexity index is 2010. The SMILES string of the molecule is C=CC(=O)[I-]CCCCCCNc1ccc(C(=O)Oc2ccc(C#Cc3ccc(CCCC)cc3)cc2/C=C\CCNc2nc3ccccc3s2)cc1. The number of unbranched alkanes of at least 4 members (excludes halogenated alkanes) is 4. The first-order valence-electron chi connectivity index (χ1n) is 18.3. The number of aryl methyl sites for hydroxylation is 1. The third-order valence-corrected chi connectivity index (χ3v) is 11.9. The molecule has 53 heavy (non-hydrogen) atoms. The molecule has 0 fully saturated rings. The Morgan fingerprint density at radius 3 is 2.43 bits per heavy atom. The van der Waals surface area contributed by atoms with Crippen LogP contribution in [0.1, 0.15) is 84.5 Å². The van der Waals surface area contributed by atoms with E-state index in [4.69, 9.17) is 4.74 Å². The molecule has 1 heterocycles. The van der Waals surface area contributed by atoms with Crippen LogP contribution in [0.3, 0.4) is 0 Å². The standard InChI is InChI=1S/C45H47IN3O3S/c1-3-5-14-34-18-20-35(21-19-34)22-23-36-24-29-41(38(33-36)15-10-13-32-48-45-49-40-16-8-9-17-42(40)53-45)52-44(51)37-25-27-39(28-26-37)47-31-12-7-6-11-30-46-43(50)4-2/h4,8-10,15-21,24-29,33,47H,2-3,5-7,11-14,30-32H2,1H3,(H,48,49)/q-1/b15-10-. The van der Waals surface area contributed by atoms with Gasteiger partial charge in [-0.15, -0.1) is 0 Å². The molecular weight excluding hydrogens is 789 g/mol. The summed E-state index contributed by atoms with van der Waals surface area (Å²) in [5, 5.41) is 7.76. The van der Waals surface area contributed by atoms with Gasteiger partial charge in [0.25, 0.3) is 0 Å². The van der Waals surface area contributed by atoms with E-state index in [1.54, 1.807) is 23.5 Å². The molecule has 0 aliphatic rings. The first-order chi connectivity index (χ1) is 26.0. The summed E-state index contributed by atoms with van der Waals surface area (Å²) in [6.45, 7) is 7.34. The van der Waals surface area contributed by atoms with Gasteiger partial charge in [-0.05, 0) is 67.3 Å². The van der Waals surface area contributed by atoms with Crippen LogP contribution >= 0.6 is 11.3 Å². The Balaban J connectivity index is 1.19. The number of benzene rings is 4. The summed E-state index contributed by atoms with van der Waals surface area (Å²) in [5.74, 6) is 6.65. The van der Waals surface area contributed by atoms with E-state index >= 15 is 0 Å². The van der Waals surface area contributed by atoms with Crippen LogP contribution in [0.25, 0.3) is 16.3 Å². The van der Waals surface area contributed by atoms with Gasteiger partial charge in [-0.2, -0.15) is 0 Å². The van der Waals surface area contributed by atoms with Gasteiger partial charge in [-0.1, -0.05) is 72.9 Å². The summed E-state index contributed by atoms with van der Waals surface area (Å²) < 4.78 is 8.37. The number of alkyl halides is 1. The molecule has 0 saturated heterocycles. The van der Waals surface area contributed by atoms with Crippen molar-refractivity contribution in [2.75, 3.05) is 28.2 Å². The fourth-order valence-corrected chi connectivity index (χ4v) is 8.11. The number of halogens is 1. The molecule has 2 N–H and O–H groups in total. The second-order valence-electron chi connectivity index (χ2n) is 12.5. The number of fused-ring (bicyclic) bond motifs is 1. The zero-order valence-electron chi connectivity index (χ0n) is 30.3. The summed E-state index contributed by atoms with van der Waals surface area (Å²) in [4.78, 5) is 29.3. The van der Waals surface area contributed by atoms with Crippen molar-refractivity contribution in [2.24, 2.45) is 0 Å². The van der Waals surface area contributed by atoms with E-state index in [0.29, 0.717) is 11.3 Å². The van der Waals surface area contributed by atoms with Crippen LogP contribution in [0.4, 0.5) is 10.8 Å². The number of aromatic nitrogens is 1. The first kappa shape index (κ1) is 39.5. The molecule has 5 rings (SSSR count). The first-order valence-corrected chi connectivity index (χ1v) is 21.8. The van der Waals surface area contributed by atoms with Crippen molar-refractivity contribution < 1.29 is 35.5 Å². The molecule has 0 spiro atoms. The third-order valence-electron chi connectivity index (χ3n) is 8.41. The molecule has 0 radical (unpaired) electrons.